The van der Waals surface area contributed by atoms with Crippen molar-refractivity contribution in [3.05, 3.63) is 0 Å². The van der Waals surface area contributed by atoms with E-state index in [1.807, 2.05) is 0 Å². The van der Waals surface area contributed by atoms with Crippen LogP contribution in [0.2, 0.25) is 0 Å². The molecule has 6 nitrogen and oxygen atoms in total. The van der Waals surface area contributed by atoms with Gasteiger partial charge in [0.1, 0.15) is 30.3 Å². The fourth-order valence-electron chi connectivity index (χ4n) is 2.84. The van der Waals surface area contributed by atoms with Crippen molar-refractivity contribution in [3.63, 3.8) is 0 Å². The van der Waals surface area contributed by atoms with Crippen LogP contribution in [0.4, 0.5) is 0 Å². The summed E-state index contributed by atoms with van der Waals surface area (Å²) in [6, 6.07) is 0. The third-order valence-corrected chi connectivity index (χ3v) is 3.46. The quantitative estimate of drug-likeness (QED) is 0.462. The van der Waals surface area contributed by atoms with Gasteiger partial charge in [-0.1, -0.05) is 0 Å². The molecule has 2 bridgehead atoms. The lowest BCUT2D eigenvalue weighted by Gasteiger charge is -2.22. The molecular weight excluding hydrogens is 228 g/mol. The smallest absolute Gasteiger partial charge is 0.319 e. The van der Waals surface area contributed by atoms with Crippen molar-refractivity contribution >= 4 is 11.8 Å². The van der Waals surface area contributed by atoms with E-state index in [0.29, 0.717) is 0 Å². The van der Waals surface area contributed by atoms with Crippen LogP contribution < -0.4 is 0 Å². The van der Waals surface area contributed by atoms with Crippen LogP contribution in [0.3, 0.4) is 0 Å². The van der Waals surface area contributed by atoms with E-state index in [4.69, 9.17) is 14.2 Å². The van der Waals surface area contributed by atoms with E-state index in [1.54, 1.807) is 13.8 Å². The number of rotatable bonds is 1. The summed E-state index contributed by atoms with van der Waals surface area (Å²) >= 11 is 0. The van der Waals surface area contributed by atoms with Gasteiger partial charge in [0.05, 0.1) is 7.11 Å². The lowest BCUT2D eigenvalue weighted by molar-refractivity contribution is -0.180. The average molecular weight is 242 g/mol. The molecule has 17 heavy (non-hydrogen) atoms. The van der Waals surface area contributed by atoms with Crippen LogP contribution >= 0.6 is 0 Å². The number of ketones is 1. The zero-order valence-corrected chi connectivity index (χ0v) is 9.84. The van der Waals surface area contributed by atoms with Crippen LogP contribution in [-0.2, 0) is 28.5 Å². The Morgan fingerprint density at radius 3 is 2.53 bits per heavy atom. The molecule has 0 radical (unpaired) electrons. The van der Waals surface area contributed by atoms with Crippen LogP contribution in [-0.4, -0.2) is 49.1 Å². The van der Waals surface area contributed by atoms with Gasteiger partial charge < -0.3 is 18.9 Å². The first kappa shape index (κ1) is 11.1. The number of esters is 1. The predicted octanol–water partition coefficient (Wildman–Crippen LogP) is -0.354. The van der Waals surface area contributed by atoms with Crippen LogP contribution in [0.5, 0.6) is 0 Å². The van der Waals surface area contributed by atoms with Gasteiger partial charge in [0.15, 0.2) is 11.6 Å². The van der Waals surface area contributed by atoms with E-state index >= 15 is 0 Å². The van der Waals surface area contributed by atoms with Crippen LogP contribution in [0.15, 0.2) is 0 Å². The van der Waals surface area contributed by atoms with Crippen LogP contribution in [0.25, 0.3) is 0 Å². The second-order valence-electron chi connectivity index (χ2n) is 4.99. The number of fused-ring (bicyclic) bond motifs is 5. The highest BCUT2D eigenvalue weighted by molar-refractivity contribution is 6.04. The molecule has 6 heteroatoms. The van der Waals surface area contributed by atoms with E-state index < -0.39 is 36.0 Å². The van der Waals surface area contributed by atoms with E-state index in [1.165, 1.54) is 7.11 Å². The van der Waals surface area contributed by atoms with Crippen molar-refractivity contribution in [3.8, 4) is 0 Å². The molecule has 0 aromatic carbocycles. The maximum Gasteiger partial charge on any atom is 0.319 e. The van der Waals surface area contributed by atoms with Gasteiger partial charge in [-0.2, -0.15) is 0 Å². The number of methoxy groups -OCH3 is 1. The van der Waals surface area contributed by atoms with Gasteiger partial charge in [0.25, 0.3) is 0 Å². The molecule has 94 valence electrons. The summed E-state index contributed by atoms with van der Waals surface area (Å²) in [5.74, 6) is -2.43. The number of carbonyl (C=O) groups is 2. The Hall–Kier alpha value is -0.980. The Kier molecular flexibility index (Phi) is 2.14. The average Bonchev–Trinajstić information content (AvgIpc) is 2.83. The summed E-state index contributed by atoms with van der Waals surface area (Å²) in [5, 5.41) is 0. The molecule has 3 rings (SSSR count). The number of carbonyl (C=O) groups excluding carboxylic acids is 2. The molecule has 0 spiro atoms. The Morgan fingerprint density at radius 1 is 1.24 bits per heavy atom. The minimum absolute atomic E-state index is 0.260. The first-order chi connectivity index (χ1) is 7.94. The second kappa shape index (κ2) is 3.28. The second-order valence-corrected chi connectivity index (χ2v) is 4.99. The lowest BCUT2D eigenvalue weighted by atomic mass is 9.84. The zero-order valence-electron chi connectivity index (χ0n) is 9.84. The fourth-order valence-corrected chi connectivity index (χ4v) is 2.84. The van der Waals surface area contributed by atoms with E-state index in [0.717, 1.165) is 0 Å². The van der Waals surface area contributed by atoms with Crippen LogP contribution in [0, 0.1) is 5.92 Å². The highest BCUT2D eigenvalue weighted by atomic mass is 16.8. The first-order valence-corrected chi connectivity index (χ1v) is 5.57. The highest BCUT2D eigenvalue weighted by Crippen LogP contribution is 2.46. The van der Waals surface area contributed by atoms with Crippen molar-refractivity contribution in [2.45, 2.75) is 44.1 Å². The van der Waals surface area contributed by atoms with Crippen molar-refractivity contribution in [1.29, 1.82) is 0 Å². The summed E-state index contributed by atoms with van der Waals surface area (Å²) in [7, 11) is 1.26. The number of Topliss-reactive ketones (excluding diaryl/α,β-unsaturated/α-hetero) is 1. The van der Waals surface area contributed by atoms with E-state index in [-0.39, 0.29) is 11.9 Å². The molecule has 3 aliphatic heterocycles. The number of ether oxygens (including phenoxy) is 4. The Balaban J connectivity index is 1.89. The molecule has 0 aliphatic carbocycles. The maximum absolute atomic E-state index is 12.0. The third kappa shape index (κ3) is 1.38. The topological polar surface area (TPSA) is 71.1 Å². The van der Waals surface area contributed by atoms with Gasteiger partial charge in [-0.05, 0) is 13.8 Å². The molecule has 3 aliphatic rings. The minimum Gasteiger partial charge on any atom is -0.468 e. The van der Waals surface area contributed by atoms with Crippen LogP contribution in [0.1, 0.15) is 13.8 Å². The van der Waals surface area contributed by atoms with Crippen molar-refractivity contribution in [2.24, 2.45) is 5.92 Å². The summed E-state index contributed by atoms with van der Waals surface area (Å²) < 4.78 is 21.4. The van der Waals surface area contributed by atoms with Gasteiger partial charge in [-0.25, -0.2) is 0 Å². The Labute approximate surface area is 98.1 Å². The standard InChI is InChI=1S/C11H14O6/c1-11(2)16-8-6-4(10(13)14-3)5(12)7(15-6)9(8)17-11/h4,6-9H,1-3H3/t4-,6-,7+,8+,9+/m1/s1. The summed E-state index contributed by atoms with van der Waals surface area (Å²) in [6.45, 7) is 3.56. The molecule has 3 heterocycles. The SMILES string of the molecule is COC(=O)[C@@H]1C(=O)[C@@H]2O[C@H]1[C@@H]1OC(C)(C)O[C@H]12. The lowest BCUT2D eigenvalue weighted by Crippen LogP contribution is -2.48. The van der Waals surface area contributed by atoms with Crippen molar-refractivity contribution in [2.75, 3.05) is 7.11 Å². The van der Waals surface area contributed by atoms with E-state index in [9.17, 15) is 9.59 Å². The Bertz CT molecular complexity index is 389. The van der Waals surface area contributed by atoms with Gasteiger partial charge in [-0.15, -0.1) is 0 Å². The van der Waals surface area contributed by atoms with Gasteiger partial charge in [0, 0.05) is 0 Å². The Morgan fingerprint density at radius 2 is 1.88 bits per heavy atom. The minimum atomic E-state index is -0.872. The molecule has 0 N–H and O–H groups in total. The summed E-state index contributed by atoms with van der Waals surface area (Å²) in [4.78, 5) is 23.5. The predicted molar refractivity (Wildman–Crippen MR) is 53.0 cm³/mol. The van der Waals surface area contributed by atoms with Crippen molar-refractivity contribution in [1.82, 2.24) is 0 Å². The largest absolute Gasteiger partial charge is 0.468 e. The monoisotopic (exact) mass is 242 g/mol. The zero-order chi connectivity index (χ0) is 12.4. The molecular formula is C11H14O6. The fraction of sp³-hybridized carbons (Fsp3) is 0.818. The molecule has 0 saturated carbocycles. The molecule has 3 saturated heterocycles. The maximum atomic E-state index is 12.0. The molecule has 0 aromatic heterocycles. The van der Waals surface area contributed by atoms with E-state index in [2.05, 4.69) is 4.74 Å². The third-order valence-electron chi connectivity index (χ3n) is 3.46. The number of hydrogen-bond acceptors (Lipinski definition) is 6. The van der Waals surface area contributed by atoms with Gasteiger partial charge >= 0.3 is 5.97 Å². The summed E-state index contributed by atoms with van der Waals surface area (Å²) in [5.41, 5.74) is 0. The highest BCUT2D eigenvalue weighted by Gasteiger charge is 2.67. The van der Waals surface area contributed by atoms with Gasteiger partial charge in [-0.3, -0.25) is 9.59 Å². The first-order valence-electron chi connectivity index (χ1n) is 5.57. The molecule has 3 fully saturated rings. The molecule has 5 atom stereocenters. The van der Waals surface area contributed by atoms with Crippen molar-refractivity contribution < 1.29 is 28.5 Å². The molecule has 0 aromatic rings. The molecule has 0 unspecified atom stereocenters. The summed E-state index contributed by atoms with van der Waals surface area (Å²) in [6.07, 6.45) is -2.04. The normalized spacial score (nSPS) is 46.1. The van der Waals surface area contributed by atoms with Gasteiger partial charge in [0.2, 0.25) is 0 Å². The number of hydrogen-bond donors (Lipinski definition) is 0. The molecule has 0 amide bonds.